The molecule has 2 atom stereocenters. The van der Waals surface area contributed by atoms with E-state index in [2.05, 4.69) is 10.6 Å². The molecule has 0 aliphatic rings. The molecular formula is C31H45N3O5. The molecule has 0 radical (unpaired) electrons. The predicted molar refractivity (Wildman–Crippen MR) is 153 cm³/mol. The van der Waals surface area contributed by atoms with Gasteiger partial charge in [0.1, 0.15) is 23.4 Å². The van der Waals surface area contributed by atoms with Crippen LogP contribution in [0.25, 0.3) is 0 Å². The van der Waals surface area contributed by atoms with Gasteiger partial charge in [0, 0.05) is 23.1 Å². The second-order valence-corrected chi connectivity index (χ2v) is 12.9. The van der Waals surface area contributed by atoms with Gasteiger partial charge in [-0.2, -0.15) is 0 Å². The van der Waals surface area contributed by atoms with Crippen molar-refractivity contribution in [1.29, 1.82) is 0 Å². The molecule has 0 spiro atoms. The molecule has 2 rings (SSSR count). The van der Waals surface area contributed by atoms with Crippen LogP contribution < -0.4 is 10.6 Å². The zero-order chi connectivity index (χ0) is 29.8. The quantitative estimate of drug-likeness (QED) is 0.436. The summed E-state index contributed by atoms with van der Waals surface area (Å²) in [5.41, 5.74) is -0.533. The van der Waals surface area contributed by atoms with Crippen LogP contribution in [0.2, 0.25) is 0 Å². The van der Waals surface area contributed by atoms with Crippen LogP contribution in [0.4, 0.5) is 4.79 Å². The fourth-order valence-electron chi connectivity index (χ4n) is 4.25. The number of aryl methyl sites for hydroxylation is 1. The molecule has 0 saturated heterocycles. The molecular weight excluding hydrogens is 494 g/mol. The van der Waals surface area contributed by atoms with Crippen molar-refractivity contribution in [2.45, 2.75) is 104 Å². The minimum Gasteiger partial charge on any atom is -0.507 e. The molecule has 0 fully saturated rings. The summed E-state index contributed by atoms with van der Waals surface area (Å²) in [6.07, 6.45) is -0.557. The van der Waals surface area contributed by atoms with Crippen LogP contribution in [0.5, 0.6) is 5.75 Å². The summed E-state index contributed by atoms with van der Waals surface area (Å²) in [4.78, 5) is 42.7. The summed E-state index contributed by atoms with van der Waals surface area (Å²) in [7, 11) is 0. The number of hydrogen-bond donors (Lipinski definition) is 3. The van der Waals surface area contributed by atoms with Gasteiger partial charge in [-0.05, 0) is 80.4 Å². The largest absolute Gasteiger partial charge is 0.507 e. The van der Waals surface area contributed by atoms with E-state index in [0.717, 1.165) is 5.56 Å². The molecule has 2 aromatic rings. The Bertz CT molecular complexity index is 1160. The molecule has 39 heavy (non-hydrogen) atoms. The molecule has 0 aromatic heterocycles. The topological polar surface area (TPSA) is 108 Å². The first kappa shape index (κ1) is 31.7. The Kier molecular flexibility index (Phi) is 9.82. The zero-order valence-electron chi connectivity index (χ0n) is 25.0. The summed E-state index contributed by atoms with van der Waals surface area (Å²) in [5.74, 6) is -0.983. The van der Waals surface area contributed by atoms with Gasteiger partial charge in [0.2, 0.25) is 11.8 Å². The summed E-state index contributed by atoms with van der Waals surface area (Å²) in [5, 5.41) is 16.8. The monoisotopic (exact) mass is 539 g/mol. The van der Waals surface area contributed by atoms with Gasteiger partial charge in [0.25, 0.3) is 0 Å². The number of rotatable bonds is 7. The van der Waals surface area contributed by atoms with Gasteiger partial charge in [-0.25, -0.2) is 4.79 Å². The Labute approximate surface area is 233 Å². The van der Waals surface area contributed by atoms with Gasteiger partial charge in [0.15, 0.2) is 0 Å². The molecule has 0 aliphatic heterocycles. The number of carbonyl (C=O) groups is 3. The summed E-state index contributed by atoms with van der Waals surface area (Å²) >= 11 is 0. The molecule has 0 heterocycles. The number of carbonyl (C=O) groups excluding carboxylic acids is 3. The Morgan fingerprint density at radius 3 is 2.00 bits per heavy atom. The van der Waals surface area contributed by atoms with Crippen LogP contribution in [-0.4, -0.2) is 50.6 Å². The minimum atomic E-state index is -1.17. The highest BCUT2D eigenvalue weighted by atomic mass is 16.6. The van der Waals surface area contributed by atoms with E-state index >= 15 is 0 Å². The van der Waals surface area contributed by atoms with E-state index < -0.39 is 46.7 Å². The number of phenolic OH excluding ortho intramolecular Hbond substituents is 1. The highest BCUT2D eigenvalue weighted by Gasteiger charge is 2.43. The van der Waals surface area contributed by atoms with E-state index in [-0.39, 0.29) is 12.2 Å². The smallest absolute Gasteiger partial charge is 0.408 e. The molecule has 214 valence electrons. The van der Waals surface area contributed by atoms with Crippen LogP contribution in [0, 0.1) is 6.92 Å². The summed E-state index contributed by atoms with van der Waals surface area (Å²) in [6, 6.07) is 12.2. The van der Waals surface area contributed by atoms with Crippen molar-refractivity contribution in [2.24, 2.45) is 0 Å². The maximum atomic E-state index is 14.5. The lowest BCUT2D eigenvalue weighted by molar-refractivity contribution is -0.149. The lowest BCUT2D eigenvalue weighted by Gasteiger charge is -2.44. The number of nitrogens with one attached hydrogen (secondary N) is 2. The van der Waals surface area contributed by atoms with Crippen LogP contribution in [0.3, 0.4) is 0 Å². The normalized spacial score (nSPS) is 13.7. The van der Waals surface area contributed by atoms with E-state index in [1.165, 1.54) is 4.90 Å². The fourth-order valence-corrected chi connectivity index (χ4v) is 4.25. The fraction of sp³-hybridized carbons (Fsp3) is 0.516. The number of aromatic hydroxyl groups is 1. The third-order valence-corrected chi connectivity index (χ3v) is 5.80. The van der Waals surface area contributed by atoms with Crippen molar-refractivity contribution >= 4 is 17.9 Å². The number of ether oxygens (including phenoxy) is 1. The molecule has 3 amide bonds. The maximum Gasteiger partial charge on any atom is 0.408 e. The highest BCUT2D eigenvalue weighted by Crippen LogP contribution is 2.36. The molecule has 0 bridgehead atoms. The maximum absolute atomic E-state index is 14.5. The second-order valence-electron chi connectivity index (χ2n) is 12.9. The molecule has 3 N–H and O–H groups in total. The SMILES string of the molecule is Cc1cccc(C(C(=O)NC(C)(C)C)N(C(=O)C(Cc2ccccc2)NC(=O)OC(C)(C)C)C(C)(C)C)c1O. The second kappa shape index (κ2) is 12.1. The summed E-state index contributed by atoms with van der Waals surface area (Å²) in [6.45, 7) is 18.0. The van der Waals surface area contributed by atoms with Crippen LogP contribution in [-0.2, 0) is 20.7 Å². The van der Waals surface area contributed by atoms with Gasteiger partial charge in [-0.1, -0.05) is 48.5 Å². The minimum absolute atomic E-state index is 0.0617. The van der Waals surface area contributed by atoms with Crippen LogP contribution in [0.15, 0.2) is 48.5 Å². The first-order chi connectivity index (χ1) is 17.8. The average molecular weight is 540 g/mol. The van der Waals surface area contributed by atoms with E-state index in [9.17, 15) is 19.5 Å². The van der Waals surface area contributed by atoms with Crippen molar-refractivity contribution in [1.82, 2.24) is 15.5 Å². The number of benzene rings is 2. The Balaban J connectivity index is 2.68. The van der Waals surface area contributed by atoms with Gasteiger partial charge in [-0.3, -0.25) is 9.59 Å². The predicted octanol–water partition coefficient (Wildman–Crippen LogP) is 5.42. The van der Waals surface area contributed by atoms with Crippen molar-refractivity contribution in [2.75, 3.05) is 0 Å². The number of hydrogen-bond acceptors (Lipinski definition) is 5. The van der Waals surface area contributed by atoms with E-state index in [1.807, 2.05) is 71.9 Å². The molecule has 2 unspecified atom stereocenters. The standard InChI is InChI=1S/C31H45N3O5/c1-20-15-14-18-22(25(20)35)24(26(36)33-29(2,3)4)34(30(5,6)7)27(37)23(19-21-16-12-11-13-17-21)32-28(38)39-31(8,9)10/h11-18,23-24,35H,19H2,1-10H3,(H,32,38)(H,33,36). The number of alkyl carbamates (subject to hydrolysis) is 1. The Morgan fingerprint density at radius 1 is 0.897 bits per heavy atom. The van der Waals surface area contributed by atoms with Crippen molar-refractivity contribution in [3.63, 3.8) is 0 Å². The zero-order valence-corrected chi connectivity index (χ0v) is 25.0. The van der Waals surface area contributed by atoms with E-state index in [0.29, 0.717) is 11.1 Å². The first-order valence-electron chi connectivity index (χ1n) is 13.3. The van der Waals surface area contributed by atoms with Crippen molar-refractivity contribution in [3.05, 3.63) is 65.2 Å². The molecule has 0 aliphatic carbocycles. The van der Waals surface area contributed by atoms with Gasteiger partial charge in [0.05, 0.1) is 0 Å². The summed E-state index contributed by atoms with van der Waals surface area (Å²) < 4.78 is 5.47. The molecule has 0 saturated carbocycles. The van der Waals surface area contributed by atoms with Gasteiger partial charge < -0.3 is 25.4 Å². The third kappa shape index (κ3) is 9.30. The number of para-hydroxylation sites is 1. The van der Waals surface area contributed by atoms with Crippen LogP contribution >= 0.6 is 0 Å². The molecule has 2 aromatic carbocycles. The number of phenols is 1. The number of amides is 3. The Morgan fingerprint density at radius 2 is 1.49 bits per heavy atom. The highest BCUT2D eigenvalue weighted by molar-refractivity contribution is 5.93. The Hall–Kier alpha value is -3.55. The van der Waals surface area contributed by atoms with E-state index in [1.54, 1.807) is 45.9 Å². The lowest BCUT2D eigenvalue weighted by Crippen LogP contribution is -2.60. The average Bonchev–Trinajstić information content (AvgIpc) is 2.76. The third-order valence-electron chi connectivity index (χ3n) is 5.80. The van der Waals surface area contributed by atoms with Crippen molar-refractivity contribution in [3.8, 4) is 5.75 Å². The number of nitrogens with zero attached hydrogens (tertiary/aromatic N) is 1. The van der Waals surface area contributed by atoms with Crippen molar-refractivity contribution < 1.29 is 24.2 Å². The molecule has 8 heteroatoms. The van der Waals surface area contributed by atoms with Crippen LogP contribution in [0.1, 0.15) is 85.0 Å². The van der Waals surface area contributed by atoms with Gasteiger partial charge >= 0.3 is 6.09 Å². The first-order valence-corrected chi connectivity index (χ1v) is 13.3. The molecule has 8 nitrogen and oxygen atoms in total. The van der Waals surface area contributed by atoms with Gasteiger partial charge in [-0.15, -0.1) is 0 Å². The lowest BCUT2D eigenvalue weighted by atomic mass is 9.92. The van der Waals surface area contributed by atoms with E-state index in [4.69, 9.17) is 4.74 Å².